The van der Waals surface area contributed by atoms with Crippen LogP contribution in [0.5, 0.6) is 0 Å². The van der Waals surface area contributed by atoms with E-state index in [-0.39, 0.29) is 5.69 Å². The van der Waals surface area contributed by atoms with E-state index in [9.17, 15) is 13.2 Å². The summed E-state index contributed by atoms with van der Waals surface area (Å²) in [6, 6.07) is 4.20. The molecule has 0 amide bonds. The lowest BCUT2D eigenvalue weighted by atomic mass is 10.0. The Morgan fingerprint density at radius 2 is 1.61 bits per heavy atom. The fourth-order valence-corrected chi connectivity index (χ4v) is 2.44. The second kappa shape index (κ2) is 10.5. The lowest BCUT2D eigenvalue weighted by Crippen LogP contribution is -2.16. The zero-order valence-corrected chi connectivity index (χ0v) is 13.5. The molecule has 1 aromatic rings. The molecule has 0 heterocycles. The molecule has 0 aliphatic carbocycles. The summed E-state index contributed by atoms with van der Waals surface area (Å²) >= 11 is 0. The molecular weight excluding hydrogens is 303 g/mol. The first-order chi connectivity index (χ1) is 10.9. The van der Waals surface area contributed by atoms with E-state index in [2.05, 4.69) is 5.32 Å². The number of aryl methyl sites for hydroxylation is 1. The van der Waals surface area contributed by atoms with Gasteiger partial charge >= 0.3 is 6.18 Å². The first kappa shape index (κ1) is 19.8. The van der Waals surface area contributed by atoms with Crippen molar-refractivity contribution in [2.45, 2.75) is 51.1 Å². The van der Waals surface area contributed by atoms with Gasteiger partial charge in [-0.1, -0.05) is 25.3 Å². The van der Waals surface area contributed by atoms with Crippen LogP contribution in [0, 0.1) is 0 Å². The van der Waals surface area contributed by atoms with Crippen LogP contribution < -0.4 is 11.1 Å². The number of alkyl halides is 3. The minimum Gasteiger partial charge on any atom is -0.677 e. The molecule has 0 fully saturated rings. The second-order valence-corrected chi connectivity index (χ2v) is 5.79. The minimum atomic E-state index is -4.38. The van der Waals surface area contributed by atoms with Crippen LogP contribution in [0.2, 0.25) is 0 Å². The lowest BCUT2D eigenvalue weighted by Gasteiger charge is -2.11. The molecular formula is C17H27F3N3-. The Morgan fingerprint density at radius 1 is 0.957 bits per heavy atom. The van der Waals surface area contributed by atoms with Crippen LogP contribution in [-0.2, 0) is 12.6 Å². The Kier molecular flexibility index (Phi) is 9.02. The van der Waals surface area contributed by atoms with Crippen LogP contribution in [0.3, 0.4) is 0 Å². The monoisotopic (exact) mass is 330 g/mol. The molecule has 0 spiro atoms. The SMILES string of the molecule is [NH-]CCCCNCCCCCCc1ccc(N)c(C(F)(F)F)c1. The summed E-state index contributed by atoms with van der Waals surface area (Å²) in [6.07, 6.45) is 2.31. The molecule has 0 aromatic heterocycles. The average Bonchev–Trinajstić information content (AvgIpc) is 2.49. The van der Waals surface area contributed by atoms with Crippen molar-refractivity contribution in [2.75, 3.05) is 25.4 Å². The molecule has 132 valence electrons. The normalized spacial score (nSPS) is 11.8. The van der Waals surface area contributed by atoms with Gasteiger partial charge in [-0.2, -0.15) is 19.7 Å². The number of anilines is 1. The van der Waals surface area contributed by atoms with Crippen LogP contribution >= 0.6 is 0 Å². The lowest BCUT2D eigenvalue weighted by molar-refractivity contribution is -0.136. The molecule has 0 bridgehead atoms. The van der Waals surface area contributed by atoms with Gasteiger partial charge in [0.15, 0.2) is 0 Å². The summed E-state index contributed by atoms with van der Waals surface area (Å²) in [6.45, 7) is 2.42. The predicted molar refractivity (Wildman–Crippen MR) is 89.3 cm³/mol. The number of halogens is 3. The third-order valence-corrected chi connectivity index (χ3v) is 3.77. The van der Waals surface area contributed by atoms with Gasteiger partial charge in [0.05, 0.1) is 5.56 Å². The van der Waals surface area contributed by atoms with Crippen molar-refractivity contribution in [1.82, 2.24) is 5.32 Å². The molecule has 0 radical (unpaired) electrons. The maximum absolute atomic E-state index is 12.8. The number of rotatable bonds is 11. The van der Waals surface area contributed by atoms with E-state index >= 15 is 0 Å². The maximum Gasteiger partial charge on any atom is 0.418 e. The van der Waals surface area contributed by atoms with Crippen molar-refractivity contribution in [3.05, 3.63) is 35.1 Å². The van der Waals surface area contributed by atoms with Crippen LogP contribution in [0.15, 0.2) is 18.2 Å². The zero-order valence-electron chi connectivity index (χ0n) is 13.5. The first-order valence-electron chi connectivity index (χ1n) is 8.26. The molecule has 1 aromatic carbocycles. The standard InChI is InChI=1S/C17H27F3N3/c18-17(19,20)15-13-14(8-9-16(15)22)7-3-1-2-5-11-23-12-6-4-10-21/h8-9,13,21,23H,1-7,10-12,22H2/q-1. The van der Waals surface area contributed by atoms with E-state index < -0.39 is 11.7 Å². The number of nitrogens with one attached hydrogen (secondary N) is 2. The summed E-state index contributed by atoms with van der Waals surface area (Å²) in [5.41, 5.74) is 12.2. The Balaban J connectivity index is 2.17. The summed E-state index contributed by atoms with van der Waals surface area (Å²) < 4.78 is 38.3. The van der Waals surface area contributed by atoms with Crippen molar-refractivity contribution in [3.63, 3.8) is 0 Å². The van der Waals surface area contributed by atoms with Gasteiger partial charge in [0, 0.05) is 5.69 Å². The molecule has 0 aliphatic heterocycles. The highest BCUT2D eigenvalue weighted by Crippen LogP contribution is 2.34. The molecule has 23 heavy (non-hydrogen) atoms. The van der Waals surface area contributed by atoms with Crippen molar-refractivity contribution in [1.29, 1.82) is 0 Å². The van der Waals surface area contributed by atoms with Crippen LogP contribution in [-0.4, -0.2) is 19.6 Å². The van der Waals surface area contributed by atoms with Crippen molar-refractivity contribution < 1.29 is 13.2 Å². The van der Waals surface area contributed by atoms with Gasteiger partial charge < -0.3 is 16.8 Å². The predicted octanol–water partition coefficient (Wildman–Crippen LogP) is 4.81. The van der Waals surface area contributed by atoms with E-state index in [4.69, 9.17) is 11.5 Å². The van der Waals surface area contributed by atoms with Gasteiger partial charge in [0.1, 0.15) is 0 Å². The zero-order chi connectivity index (χ0) is 17.1. The fraction of sp³-hybridized carbons (Fsp3) is 0.647. The molecule has 0 aliphatic rings. The Morgan fingerprint density at radius 3 is 2.26 bits per heavy atom. The van der Waals surface area contributed by atoms with Gasteiger partial charge in [-0.3, -0.25) is 0 Å². The summed E-state index contributed by atoms with van der Waals surface area (Å²) in [7, 11) is 0. The van der Waals surface area contributed by atoms with E-state index in [1.54, 1.807) is 6.07 Å². The summed E-state index contributed by atoms with van der Waals surface area (Å²) in [4.78, 5) is 0. The number of nitrogens with two attached hydrogens (primary N) is 1. The molecule has 0 saturated heterocycles. The first-order valence-corrected chi connectivity index (χ1v) is 8.26. The van der Waals surface area contributed by atoms with E-state index in [1.165, 1.54) is 12.1 Å². The van der Waals surface area contributed by atoms with Crippen LogP contribution in [0.4, 0.5) is 18.9 Å². The third-order valence-electron chi connectivity index (χ3n) is 3.77. The van der Waals surface area contributed by atoms with Gasteiger partial charge in [-0.25, -0.2) is 0 Å². The van der Waals surface area contributed by atoms with Gasteiger partial charge in [-0.15, -0.1) is 0 Å². The summed E-state index contributed by atoms with van der Waals surface area (Å²) in [5.74, 6) is 0. The Bertz CT molecular complexity index is 447. The number of benzene rings is 1. The van der Waals surface area contributed by atoms with Crippen molar-refractivity contribution in [2.24, 2.45) is 0 Å². The molecule has 1 rings (SSSR count). The topological polar surface area (TPSA) is 61.8 Å². The molecule has 4 N–H and O–H groups in total. The largest absolute Gasteiger partial charge is 0.677 e. The molecule has 0 saturated carbocycles. The number of hydrogen-bond acceptors (Lipinski definition) is 2. The maximum atomic E-state index is 12.8. The minimum absolute atomic E-state index is 0.210. The van der Waals surface area contributed by atoms with Crippen LogP contribution in [0.1, 0.15) is 49.7 Å². The third kappa shape index (κ3) is 8.23. The van der Waals surface area contributed by atoms with E-state index in [0.717, 1.165) is 51.6 Å². The molecule has 0 atom stereocenters. The van der Waals surface area contributed by atoms with E-state index in [1.807, 2.05) is 0 Å². The molecule has 0 unspecified atom stereocenters. The number of unbranched alkanes of at least 4 members (excludes halogenated alkanes) is 4. The fourth-order valence-electron chi connectivity index (χ4n) is 2.44. The number of nitrogen functional groups attached to an aromatic ring is 1. The summed E-state index contributed by atoms with van der Waals surface area (Å²) in [5, 5.41) is 3.34. The molecule has 6 heteroatoms. The Hall–Kier alpha value is -1.27. The van der Waals surface area contributed by atoms with Gasteiger partial charge in [-0.05, 0) is 56.5 Å². The number of hydrogen-bond donors (Lipinski definition) is 2. The van der Waals surface area contributed by atoms with Crippen LogP contribution in [0.25, 0.3) is 5.73 Å². The average molecular weight is 330 g/mol. The smallest absolute Gasteiger partial charge is 0.418 e. The van der Waals surface area contributed by atoms with Gasteiger partial charge in [0.2, 0.25) is 0 Å². The van der Waals surface area contributed by atoms with Crippen molar-refractivity contribution >= 4 is 5.69 Å². The quantitative estimate of drug-likeness (QED) is 0.452. The second-order valence-electron chi connectivity index (χ2n) is 5.79. The van der Waals surface area contributed by atoms with Gasteiger partial charge in [0.25, 0.3) is 0 Å². The Labute approximate surface area is 136 Å². The highest BCUT2D eigenvalue weighted by atomic mass is 19.4. The van der Waals surface area contributed by atoms with Crippen molar-refractivity contribution in [3.8, 4) is 0 Å². The molecule has 3 nitrogen and oxygen atoms in total. The highest BCUT2D eigenvalue weighted by molar-refractivity contribution is 5.50. The highest BCUT2D eigenvalue weighted by Gasteiger charge is 2.32. The van der Waals surface area contributed by atoms with E-state index in [0.29, 0.717) is 18.5 Å².